The van der Waals surface area contributed by atoms with Gasteiger partial charge in [0.2, 0.25) is 0 Å². The van der Waals surface area contributed by atoms with Crippen molar-refractivity contribution in [2.24, 2.45) is 0 Å². The van der Waals surface area contributed by atoms with E-state index < -0.39 is 0 Å². The third-order valence-corrected chi connectivity index (χ3v) is 3.73. The molecule has 0 aromatic heterocycles. The van der Waals surface area contributed by atoms with Crippen molar-refractivity contribution in [3.05, 3.63) is 59.7 Å². The SMILES string of the molecule is CC(C)NCc1ccc(OBOc2ccc(CNC(C)C)cc2)cc1.Cl. The summed E-state index contributed by atoms with van der Waals surface area (Å²) in [6.45, 7) is 10.3. The van der Waals surface area contributed by atoms with Gasteiger partial charge in [-0.05, 0) is 35.4 Å². The fourth-order valence-corrected chi connectivity index (χ4v) is 2.22. The third kappa shape index (κ3) is 8.61. The Morgan fingerprint density at radius 2 is 1.04 bits per heavy atom. The maximum Gasteiger partial charge on any atom is 0.576 e. The molecule has 2 aromatic carbocycles. The van der Waals surface area contributed by atoms with E-state index in [1.807, 2.05) is 24.3 Å². The first kappa shape index (κ1) is 22.4. The first-order valence-electron chi connectivity index (χ1n) is 8.93. The van der Waals surface area contributed by atoms with Gasteiger partial charge in [-0.25, -0.2) is 0 Å². The topological polar surface area (TPSA) is 42.5 Å². The Bertz CT molecular complexity index is 563. The van der Waals surface area contributed by atoms with Crippen molar-refractivity contribution in [3.8, 4) is 11.5 Å². The van der Waals surface area contributed by atoms with Crippen LogP contribution in [0.4, 0.5) is 0 Å². The summed E-state index contributed by atoms with van der Waals surface area (Å²) in [4.78, 5) is 0. The van der Waals surface area contributed by atoms with Crippen LogP contribution in [0.5, 0.6) is 11.5 Å². The second kappa shape index (κ2) is 11.8. The van der Waals surface area contributed by atoms with Gasteiger partial charge in [0, 0.05) is 25.2 Å². The average Bonchev–Trinajstić information content (AvgIpc) is 2.60. The van der Waals surface area contributed by atoms with Gasteiger partial charge in [-0.2, -0.15) is 0 Å². The number of halogens is 1. The van der Waals surface area contributed by atoms with Crippen molar-refractivity contribution in [1.82, 2.24) is 10.6 Å². The molecular formula is C20H30BClN2O2. The monoisotopic (exact) mass is 376 g/mol. The first-order valence-corrected chi connectivity index (χ1v) is 8.93. The van der Waals surface area contributed by atoms with E-state index in [2.05, 4.69) is 62.6 Å². The molecule has 142 valence electrons. The van der Waals surface area contributed by atoms with E-state index in [1.165, 1.54) is 11.1 Å². The lowest BCUT2D eigenvalue weighted by atomic mass is 10.2. The van der Waals surface area contributed by atoms with Crippen molar-refractivity contribution < 1.29 is 9.31 Å². The highest BCUT2D eigenvalue weighted by atomic mass is 35.5. The van der Waals surface area contributed by atoms with Crippen LogP contribution >= 0.6 is 12.4 Å². The Labute approximate surface area is 164 Å². The summed E-state index contributed by atoms with van der Waals surface area (Å²) in [5.41, 5.74) is 2.49. The molecular weight excluding hydrogens is 346 g/mol. The molecule has 0 bridgehead atoms. The molecule has 0 aliphatic carbocycles. The summed E-state index contributed by atoms with van der Waals surface area (Å²) in [5, 5.41) is 6.79. The minimum atomic E-state index is 0. The lowest BCUT2D eigenvalue weighted by Crippen LogP contribution is -2.21. The Kier molecular flexibility index (Phi) is 10.2. The number of hydrogen-bond donors (Lipinski definition) is 2. The molecule has 6 heteroatoms. The van der Waals surface area contributed by atoms with Crippen LogP contribution in [0, 0.1) is 0 Å². The summed E-state index contributed by atoms with van der Waals surface area (Å²) < 4.78 is 11.3. The van der Waals surface area contributed by atoms with Gasteiger partial charge in [0.15, 0.2) is 0 Å². The second-order valence-corrected chi connectivity index (χ2v) is 6.77. The number of rotatable bonds is 10. The van der Waals surface area contributed by atoms with Crippen molar-refractivity contribution >= 4 is 20.1 Å². The normalized spacial score (nSPS) is 10.5. The van der Waals surface area contributed by atoms with Gasteiger partial charge in [-0.15, -0.1) is 12.4 Å². The molecule has 0 aliphatic rings. The van der Waals surface area contributed by atoms with Gasteiger partial charge in [-0.1, -0.05) is 52.0 Å². The molecule has 0 atom stereocenters. The minimum absolute atomic E-state index is 0. The van der Waals surface area contributed by atoms with Crippen LogP contribution in [0.1, 0.15) is 38.8 Å². The maximum absolute atomic E-state index is 5.64. The van der Waals surface area contributed by atoms with Gasteiger partial charge in [0.05, 0.1) is 0 Å². The van der Waals surface area contributed by atoms with Gasteiger partial charge in [0.25, 0.3) is 0 Å². The Balaban J connectivity index is 0.00000338. The number of nitrogens with one attached hydrogen (secondary N) is 2. The molecule has 0 radical (unpaired) electrons. The largest absolute Gasteiger partial charge is 0.576 e. The van der Waals surface area contributed by atoms with Crippen molar-refractivity contribution in [2.45, 2.75) is 52.9 Å². The van der Waals surface area contributed by atoms with E-state index >= 15 is 0 Å². The molecule has 4 nitrogen and oxygen atoms in total. The molecule has 0 saturated heterocycles. The predicted octanol–water partition coefficient (Wildman–Crippen LogP) is 3.83. The molecule has 26 heavy (non-hydrogen) atoms. The van der Waals surface area contributed by atoms with Crippen molar-refractivity contribution in [1.29, 1.82) is 0 Å². The molecule has 2 aromatic rings. The smallest absolute Gasteiger partial charge is 0.529 e. The van der Waals surface area contributed by atoms with Crippen molar-refractivity contribution in [3.63, 3.8) is 0 Å². The van der Waals surface area contributed by atoms with Gasteiger partial charge in [0.1, 0.15) is 11.5 Å². The van der Waals surface area contributed by atoms with Crippen LogP contribution in [0.3, 0.4) is 0 Å². The zero-order valence-corrected chi connectivity index (χ0v) is 16.9. The fourth-order valence-electron chi connectivity index (χ4n) is 2.22. The van der Waals surface area contributed by atoms with E-state index in [4.69, 9.17) is 9.31 Å². The van der Waals surface area contributed by atoms with E-state index in [9.17, 15) is 0 Å². The van der Waals surface area contributed by atoms with E-state index in [0.717, 1.165) is 24.6 Å². The van der Waals surface area contributed by atoms with E-state index in [0.29, 0.717) is 12.1 Å². The molecule has 0 fully saturated rings. The zero-order valence-electron chi connectivity index (χ0n) is 16.1. The predicted molar refractivity (Wildman–Crippen MR) is 112 cm³/mol. The van der Waals surface area contributed by atoms with Crippen LogP contribution in [0.2, 0.25) is 0 Å². The lowest BCUT2D eigenvalue weighted by Gasteiger charge is -2.11. The highest BCUT2D eigenvalue weighted by Gasteiger charge is 2.02. The third-order valence-electron chi connectivity index (χ3n) is 3.73. The average molecular weight is 377 g/mol. The van der Waals surface area contributed by atoms with Crippen LogP contribution in [0.25, 0.3) is 0 Å². The Morgan fingerprint density at radius 3 is 1.35 bits per heavy atom. The molecule has 0 spiro atoms. The first-order chi connectivity index (χ1) is 12.0. The van der Waals surface area contributed by atoms with Crippen LogP contribution in [0.15, 0.2) is 48.5 Å². The fraction of sp³-hybridized carbons (Fsp3) is 0.400. The van der Waals surface area contributed by atoms with Crippen LogP contribution in [-0.2, 0) is 13.1 Å². The van der Waals surface area contributed by atoms with E-state index in [1.54, 1.807) is 0 Å². The zero-order chi connectivity index (χ0) is 18.1. The summed E-state index contributed by atoms with van der Waals surface area (Å²) in [7, 11) is 0.202. The van der Waals surface area contributed by atoms with Crippen LogP contribution in [-0.4, -0.2) is 19.8 Å². The molecule has 0 heterocycles. The quantitative estimate of drug-likeness (QED) is 0.618. The molecule has 0 unspecified atom stereocenters. The van der Waals surface area contributed by atoms with E-state index in [-0.39, 0.29) is 20.1 Å². The van der Waals surface area contributed by atoms with Crippen LogP contribution < -0.4 is 19.9 Å². The van der Waals surface area contributed by atoms with Gasteiger partial charge in [-0.3, -0.25) is 0 Å². The number of hydrogen-bond acceptors (Lipinski definition) is 4. The molecule has 0 amide bonds. The minimum Gasteiger partial charge on any atom is -0.529 e. The summed E-state index contributed by atoms with van der Waals surface area (Å²) in [6, 6.07) is 17.1. The summed E-state index contributed by atoms with van der Waals surface area (Å²) >= 11 is 0. The molecule has 2 N–H and O–H groups in total. The summed E-state index contributed by atoms with van der Waals surface area (Å²) in [6.07, 6.45) is 0. The molecule has 0 saturated carbocycles. The lowest BCUT2D eigenvalue weighted by molar-refractivity contribution is 0.458. The highest BCUT2D eigenvalue weighted by Crippen LogP contribution is 2.14. The summed E-state index contributed by atoms with van der Waals surface area (Å²) in [5.74, 6) is 1.62. The standard InChI is InChI=1S/C20H29BN2O2.ClH/c1-15(2)22-13-17-5-9-19(10-6-17)24-21-25-20-11-7-18(8-12-20)14-23-16(3)4;/h5-12,15-16,21-23H,13-14H2,1-4H3;1H. The molecule has 0 aliphatic heterocycles. The van der Waals surface area contributed by atoms with Gasteiger partial charge < -0.3 is 19.9 Å². The Hall–Kier alpha value is -1.69. The molecule has 2 rings (SSSR count). The van der Waals surface area contributed by atoms with Crippen molar-refractivity contribution in [2.75, 3.05) is 0 Å². The Morgan fingerprint density at radius 1 is 0.692 bits per heavy atom. The maximum atomic E-state index is 5.64. The number of benzene rings is 2. The van der Waals surface area contributed by atoms with Gasteiger partial charge >= 0.3 is 7.69 Å². The highest BCUT2D eigenvalue weighted by molar-refractivity contribution is 6.20. The second-order valence-electron chi connectivity index (χ2n) is 6.77.